The maximum atomic E-state index is 3.38. The van der Waals surface area contributed by atoms with Gasteiger partial charge in [0.2, 0.25) is 0 Å². The normalized spacial score (nSPS) is 10.8. The first-order valence-electron chi connectivity index (χ1n) is 5.17. The van der Waals surface area contributed by atoms with Crippen LogP contribution in [-0.4, -0.2) is 3.59 Å². The fourth-order valence-corrected chi connectivity index (χ4v) is 2.17. The minimum Gasteiger partial charge on any atom is -0.284 e. The molecule has 1 aromatic heterocycles. The maximum absolute atomic E-state index is 3.38. The average Bonchev–Trinajstić information content (AvgIpc) is 2.75. The summed E-state index contributed by atoms with van der Waals surface area (Å²) < 4.78 is 1.93. The molecule has 0 unspecified atom stereocenters. The van der Waals surface area contributed by atoms with Gasteiger partial charge in [0.05, 0.1) is 21.7 Å². The topological polar surface area (TPSA) is 4.93 Å². The molecule has 0 saturated carbocycles. The number of fused-ring (bicyclic) bond motifs is 2. The van der Waals surface area contributed by atoms with Gasteiger partial charge in [-0.25, -0.2) is 0 Å². The van der Waals surface area contributed by atoms with E-state index in [1.807, 2.05) is 21.9 Å². The highest BCUT2D eigenvalue weighted by Crippen LogP contribution is 2.32. The van der Waals surface area contributed by atoms with Gasteiger partial charge in [-0.15, -0.1) is 0 Å². The second-order valence-corrected chi connectivity index (χ2v) is 4.53. The van der Waals surface area contributed by atoms with Gasteiger partial charge in [0, 0.05) is 11.6 Å². The van der Waals surface area contributed by atoms with Gasteiger partial charge in [-0.3, -0.25) is 3.59 Å². The van der Waals surface area contributed by atoms with Crippen molar-refractivity contribution in [3.8, 4) is 11.1 Å². The van der Waals surface area contributed by atoms with Crippen molar-refractivity contribution in [2.24, 2.45) is 0 Å². The van der Waals surface area contributed by atoms with Crippen molar-refractivity contribution >= 4 is 27.1 Å². The highest BCUT2D eigenvalue weighted by molar-refractivity contribution is 9.08. The first-order valence-corrected chi connectivity index (χ1v) is 5.88. The highest BCUT2D eigenvalue weighted by atomic mass is 79.9. The lowest BCUT2D eigenvalue weighted by atomic mass is 10.3. The van der Waals surface area contributed by atoms with Crippen molar-refractivity contribution in [3.05, 3.63) is 60.8 Å². The Morgan fingerprint density at radius 1 is 0.812 bits per heavy atom. The molecule has 2 heteroatoms. The molecule has 1 nitrogen and oxygen atoms in total. The zero-order chi connectivity index (χ0) is 11.0. The third kappa shape index (κ3) is 1.76. The van der Waals surface area contributed by atoms with E-state index < -0.39 is 0 Å². The van der Waals surface area contributed by atoms with Crippen LogP contribution in [0.5, 0.6) is 0 Å². The van der Waals surface area contributed by atoms with Gasteiger partial charge in [0.25, 0.3) is 0 Å². The van der Waals surface area contributed by atoms with E-state index in [4.69, 9.17) is 0 Å². The summed E-state index contributed by atoms with van der Waals surface area (Å²) >= 11 is 3.38. The fraction of sp³-hybridized carbons (Fsp3) is 0. The third-order valence-electron chi connectivity index (χ3n) is 2.66. The zero-order valence-electron chi connectivity index (χ0n) is 8.60. The van der Waals surface area contributed by atoms with Crippen LogP contribution in [0.25, 0.3) is 22.0 Å². The fourth-order valence-electron chi connectivity index (χ4n) is 1.72. The first-order chi connectivity index (χ1) is 7.84. The lowest BCUT2D eigenvalue weighted by Gasteiger charge is -1.89. The van der Waals surface area contributed by atoms with Crippen LogP contribution in [0.4, 0.5) is 0 Å². The molecule has 1 heterocycles. The summed E-state index contributed by atoms with van der Waals surface area (Å²) in [4.78, 5) is 0. The standard InChI is InChI=1S/C8H6BrN.C6H4/c9-10-6-5-7-3-1-2-4-8(7)10;1-2-5-4-6(5)3-1/h1-6H;1-4H. The van der Waals surface area contributed by atoms with Crippen molar-refractivity contribution in [3.63, 3.8) is 0 Å². The third-order valence-corrected chi connectivity index (χ3v) is 3.28. The number of para-hydroxylation sites is 1. The lowest BCUT2D eigenvalue weighted by Crippen LogP contribution is -1.71. The minimum absolute atomic E-state index is 1.21. The summed E-state index contributed by atoms with van der Waals surface area (Å²) in [7, 11) is 0. The second-order valence-electron chi connectivity index (χ2n) is 3.77. The molecule has 2 aliphatic carbocycles. The van der Waals surface area contributed by atoms with E-state index in [0.29, 0.717) is 0 Å². The quantitative estimate of drug-likeness (QED) is 0.445. The molecule has 0 bridgehead atoms. The van der Waals surface area contributed by atoms with E-state index in [0.717, 1.165) is 0 Å². The summed E-state index contributed by atoms with van der Waals surface area (Å²) in [6, 6.07) is 18.8. The van der Waals surface area contributed by atoms with Crippen LogP contribution in [0.2, 0.25) is 0 Å². The van der Waals surface area contributed by atoms with Crippen LogP contribution >= 0.6 is 16.1 Å². The smallest absolute Gasteiger partial charge is 0.0591 e. The molecule has 0 N–H and O–H groups in total. The number of rotatable bonds is 0. The number of benzene rings is 2. The van der Waals surface area contributed by atoms with Gasteiger partial charge < -0.3 is 0 Å². The van der Waals surface area contributed by atoms with Crippen LogP contribution in [0.1, 0.15) is 0 Å². The molecule has 2 aromatic rings. The van der Waals surface area contributed by atoms with Crippen molar-refractivity contribution in [2.45, 2.75) is 0 Å². The molecular formula is C14H10BrN. The molecule has 0 radical (unpaired) electrons. The highest BCUT2D eigenvalue weighted by Gasteiger charge is 2.06. The largest absolute Gasteiger partial charge is 0.284 e. The zero-order valence-corrected chi connectivity index (χ0v) is 10.2. The van der Waals surface area contributed by atoms with Gasteiger partial charge in [-0.2, -0.15) is 0 Å². The van der Waals surface area contributed by atoms with E-state index in [9.17, 15) is 0 Å². The second kappa shape index (κ2) is 3.80. The predicted molar refractivity (Wildman–Crippen MR) is 71.7 cm³/mol. The molecule has 0 saturated heterocycles. The molecule has 0 amide bonds. The van der Waals surface area contributed by atoms with E-state index in [1.165, 1.54) is 22.0 Å². The number of hydrogen-bond acceptors (Lipinski definition) is 0. The van der Waals surface area contributed by atoms with E-state index in [1.54, 1.807) is 0 Å². The van der Waals surface area contributed by atoms with Gasteiger partial charge in [0.1, 0.15) is 0 Å². The Hall–Kier alpha value is -1.54. The van der Waals surface area contributed by atoms with E-state index in [-0.39, 0.29) is 0 Å². The van der Waals surface area contributed by atoms with Gasteiger partial charge in [-0.05, 0) is 29.3 Å². The van der Waals surface area contributed by atoms with E-state index >= 15 is 0 Å². The number of nitrogens with zero attached hydrogens (tertiary/aromatic N) is 1. The predicted octanol–water partition coefficient (Wildman–Crippen LogP) is 4.47. The van der Waals surface area contributed by atoms with Crippen molar-refractivity contribution in [2.75, 3.05) is 0 Å². The Bertz CT molecular complexity index is 623. The minimum atomic E-state index is 1.21. The molecule has 0 fully saturated rings. The first kappa shape index (κ1) is 9.67. The number of halogens is 1. The molecule has 0 spiro atoms. The average molecular weight is 272 g/mol. The van der Waals surface area contributed by atoms with Gasteiger partial charge in [0.15, 0.2) is 0 Å². The monoisotopic (exact) mass is 271 g/mol. The Balaban J connectivity index is 0.000000114. The van der Waals surface area contributed by atoms with Crippen molar-refractivity contribution in [1.29, 1.82) is 0 Å². The number of aromatic nitrogens is 1. The molecule has 78 valence electrons. The van der Waals surface area contributed by atoms with E-state index in [2.05, 4.69) is 58.6 Å². The van der Waals surface area contributed by atoms with Gasteiger partial charge >= 0.3 is 0 Å². The summed E-state index contributed by atoms with van der Waals surface area (Å²) in [5, 5.41) is 1.26. The van der Waals surface area contributed by atoms with Crippen LogP contribution in [-0.2, 0) is 0 Å². The summed E-state index contributed by atoms with van der Waals surface area (Å²) in [6.07, 6.45) is 1.99. The molecule has 16 heavy (non-hydrogen) atoms. The van der Waals surface area contributed by atoms with Crippen LogP contribution in [0.15, 0.2) is 60.8 Å². The molecule has 4 rings (SSSR count). The Morgan fingerprint density at radius 3 is 2.12 bits per heavy atom. The number of hydrogen-bond donors (Lipinski definition) is 0. The SMILES string of the molecule is Brn1ccc2ccccc21.c1cc2cc-2c1. The Labute approximate surface area is 103 Å². The Kier molecular flexibility index (Phi) is 2.29. The molecule has 0 atom stereocenters. The maximum Gasteiger partial charge on any atom is 0.0591 e. The lowest BCUT2D eigenvalue weighted by molar-refractivity contribution is 1.39. The summed E-state index contributed by atoms with van der Waals surface area (Å²) in [5.41, 5.74) is 4.06. The molecule has 2 aliphatic rings. The molecule has 0 aliphatic heterocycles. The van der Waals surface area contributed by atoms with Crippen molar-refractivity contribution in [1.82, 2.24) is 3.59 Å². The van der Waals surface area contributed by atoms with Crippen LogP contribution in [0.3, 0.4) is 0 Å². The summed E-state index contributed by atoms with van der Waals surface area (Å²) in [6.45, 7) is 0. The Morgan fingerprint density at radius 2 is 1.56 bits per heavy atom. The molecule has 1 aromatic carbocycles. The van der Waals surface area contributed by atoms with Crippen LogP contribution in [0, 0.1) is 0 Å². The summed E-state index contributed by atoms with van der Waals surface area (Å²) in [5.74, 6) is 0. The van der Waals surface area contributed by atoms with Gasteiger partial charge in [-0.1, -0.05) is 36.4 Å². The molecular weight excluding hydrogens is 262 g/mol. The van der Waals surface area contributed by atoms with Crippen LogP contribution < -0.4 is 0 Å². The van der Waals surface area contributed by atoms with Crippen molar-refractivity contribution < 1.29 is 0 Å².